The van der Waals surface area contributed by atoms with Crippen LogP contribution >= 0.6 is 0 Å². The zero-order valence-corrected chi connectivity index (χ0v) is 14.5. The van der Waals surface area contributed by atoms with Gasteiger partial charge in [0.2, 0.25) is 0 Å². The topological polar surface area (TPSA) is 84.5 Å². The summed E-state index contributed by atoms with van der Waals surface area (Å²) in [6, 6.07) is 5.42. The molecule has 8 heteroatoms. The van der Waals surface area contributed by atoms with Crippen molar-refractivity contribution in [3.05, 3.63) is 59.0 Å². The van der Waals surface area contributed by atoms with Crippen molar-refractivity contribution in [1.29, 1.82) is 0 Å². The van der Waals surface area contributed by atoms with Crippen LogP contribution in [0.25, 0.3) is 5.65 Å². The number of nitrogens with one attached hydrogen (secondary N) is 1. The highest BCUT2D eigenvalue weighted by Gasteiger charge is 2.25. The molecule has 1 N–H and O–H groups in total. The number of imidazole rings is 1. The molecule has 134 valence electrons. The third-order valence-electron chi connectivity index (χ3n) is 4.72. The lowest BCUT2D eigenvalue weighted by Gasteiger charge is -2.33. The van der Waals surface area contributed by atoms with Crippen LogP contribution in [-0.2, 0) is 7.05 Å². The maximum absolute atomic E-state index is 12.7. The van der Waals surface area contributed by atoms with Crippen molar-refractivity contribution >= 4 is 17.4 Å². The number of carbonyl (C=O) groups is 1. The second-order valence-electron chi connectivity index (χ2n) is 6.49. The lowest BCUT2D eigenvalue weighted by atomic mass is 10.1. The summed E-state index contributed by atoms with van der Waals surface area (Å²) in [5, 5.41) is 3.09. The summed E-state index contributed by atoms with van der Waals surface area (Å²) < 4.78 is 3.29. The highest BCUT2D eigenvalue weighted by molar-refractivity contribution is 5.93. The maximum atomic E-state index is 12.7. The van der Waals surface area contributed by atoms with Gasteiger partial charge in [-0.05, 0) is 25.0 Å². The van der Waals surface area contributed by atoms with Crippen molar-refractivity contribution in [2.45, 2.75) is 18.9 Å². The van der Waals surface area contributed by atoms with Gasteiger partial charge in [0.15, 0.2) is 5.82 Å². The molecular weight excluding hydrogens is 332 g/mol. The van der Waals surface area contributed by atoms with Gasteiger partial charge in [-0.1, -0.05) is 6.07 Å². The van der Waals surface area contributed by atoms with E-state index in [2.05, 4.69) is 15.3 Å². The van der Waals surface area contributed by atoms with Gasteiger partial charge in [0.25, 0.3) is 11.5 Å². The molecule has 0 spiro atoms. The van der Waals surface area contributed by atoms with Gasteiger partial charge >= 0.3 is 0 Å². The Morgan fingerprint density at radius 3 is 2.96 bits per heavy atom. The van der Waals surface area contributed by atoms with E-state index in [-0.39, 0.29) is 17.5 Å². The molecule has 1 saturated heterocycles. The Bertz CT molecular complexity index is 1010. The van der Waals surface area contributed by atoms with Crippen LogP contribution in [-0.4, -0.2) is 44.0 Å². The van der Waals surface area contributed by atoms with Crippen LogP contribution in [0.4, 0.5) is 5.82 Å². The van der Waals surface area contributed by atoms with Crippen molar-refractivity contribution in [2.75, 3.05) is 18.0 Å². The number of aromatic nitrogens is 4. The molecule has 0 radical (unpaired) electrons. The number of pyridine rings is 1. The molecule has 4 heterocycles. The van der Waals surface area contributed by atoms with Crippen molar-refractivity contribution in [1.82, 2.24) is 24.3 Å². The van der Waals surface area contributed by atoms with Crippen LogP contribution in [0.5, 0.6) is 0 Å². The minimum absolute atomic E-state index is 0.0401. The molecule has 0 saturated carbocycles. The van der Waals surface area contributed by atoms with Crippen LogP contribution in [0.2, 0.25) is 0 Å². The molecule has 1 fully saturated rings. The summed E-state index contributed by atoms with van der Waals surface area (Å²) in [6.45, 7) is 1.33. The Labute approximate surface area is 150 Å². The number of hydrogen-bond acceptors (Lipinski definition) is 5. The molecule has 1 amide bonds. The zero-order chi connectivity index (χ0) is 18.1. The first-order chi connectivity index (χ1) is 12.6. The van der Waals surface area contributed by atoms with Gasteiger partial charge in [-0.15, -0.1) is 0 Å². The van der Waals surface area contributed by atoms with Crippen LogP contribution in [0.1, 0.15) is 23.3 Å². The monoisotopic (exact) mass is 352 g/mol. The van der Waals surface area contributed by atoms with Gasteiger partial charge in [-0.2, -0.15) is 0 Å². The highest BCUT2D eigenvalue weighted by Crippen LogP contribution is 2.15. The van der Waals surface area contributed by atoms with Crippen LogP contribution in [0.3, 0.4) is 0 Å². The van der Waals surface area contributed by atoms with Gasteiger partial charge < -0.3 is 14.8 Å². The van der Waals surface area contributed by atoms with Gasteiger partial charge in [0.1, 0.15) is 11.3 Å². The molecular formula is C18H20N6O2. The van der Waals surface area contributed by atoms with Gasteiger partial charge in [0.05, 0.1) is 0 Å². The Morgan fingerprint density at radius 2 is 2.08 bits per heavy atom. The first-order valence-electron chi connectivity index (χ1n) is 8.63. The molecule has 0 aliphatic carbocycles. The standard InChI is InChI=1S/C18H20N6O2/c1-22-10-7-20-16(18(22)26)23-9-3-4-13(12-23)21-17(25)14-5-2-6-15-19-8-11-24(14)15/h2,5-8,10-11,13H,3-4,9,12H2,1H3,(H,21,25)/t13-/m1/s1. The number of fused-ring (bicyclic) bond motifs is 1. The second-order valence-corrected chi connectivity index (χ2v) is 6.49. The van der Waals surface area contributed by atoms with Gasteiger partial charge in [-0.25, -0.2) is 9.97 Å². The lowest BCUT2D eigenvalue weighted by Crippen LogP contribution is -2.49. The van der Waals surface area contributed by atoms with E-state index >= 15 is 0 Å². The minimum atomic E-state index is -0.144. The summed E-state index contributed by atoms with van der Waals surface area (Å²) in [7, 11) is 1.71. The van der Waals surface area contributed by atoms with Crippen LogP contribution < -0.4 is 15.8 Å². The van der Waals surface area contributed by atoms with Gasteiger partial charge in [0, 0.05) is 51.0 Å². The Morgan fingerprint density at radius 1 is 1.23 bits per heavy atom. The van der Waals surface area contributed by atoms with Crippen molar-refractivity contribution in [3.63, 3.8) is 0 Å². The van der Waals surface area contributed by atoms with Gasteiger partial charge in [-0.3, -0.25) is 14.0 Å². The Balaban J connectivity index is 1.52. The fourth-order valence-electron chi connectivity index (χ4n) is 3.38. The molecule has 0 aromatic carbocycles. The molecule has 3 aromatic heterocycles. The number of amides is 1. The molecule has 3 aromatic rings. The molecule has 1 atom stereocenters. The smallest absolute Gasteiger partial charge is 0.293 e. The molecule has 4 rings (SSSR count). The van der Waals surface area contributed by atoms with E-state index in [1.165, 1.54) is 4.57 Å². The number of carbonyl (C=O) groups excluding carboxylic acids is 1. The predicted molar refractivity (Wildman–Crippen MR) is 97.4 cm³/mol. The van der Waals surface area contributed by atoms with E-state index in [0.29, 0.717) is 18.1 Å². The number of anilines is 1. The minimum Gasteiger partial charge on any atom is -0.350 e. The number of hydrogen-bond donors (Lipinski definition) is 1. The largest absolute Gasteiger partial charge is 0.350 e. The first-order valence-corrected chi connectivity index (χ1v) is 8.63. The zero-order valence-electron chi connectivity index (χ0n) is 14.5. The van der Waals surface area contributed by atoms with Crippen molar-refractivity contribution in [2.24, 2.45) is 7.05 Å². The summed E-state index contributed by atoms with van der Waals surface area (Å²) in [6.07, 6.45) is 8.47. The van der Waals surface area contributed by atoms with Crippen LogP contribution in [0.15, 0.2) is 47.8 Å². The Kier molecular flexibility index (Phi) is 4.16. The maximum Gasteiger partial charge on any atom is 0.293 e. The van der Waals surface area contributed by atoms with Crippen molar-refractivity contribution in [3.8, 4) is 0 Å². The molecule has 1 aliphatic rings. The summed E-state index contributed by atoms with van der Waals surface area (Å²) >= 11 is 0. The number of piperidine rings is 1. The molecule has 8 nitrogen and oxygen atoms in total. The third kappa shape index (κ3) is 2.94. The quantitative estimate of drug-likeness (QED) is 0.755. The van der Waals surface area contributed by atoms with E-state index in [1.807, 2.05) is 17.0 Å². The molecule has 1 aliphatic heterocycles. The fourth-order valence-corrected chi connectivity index (χ4v) is 3.38. The lowest BCUT2D eigenvalue weighted by molar-refractivity contribution is 0.0926. The van der Waals surface area contributed by atoms with E-state index in [9.17, 15) is 9.59 Å². The van der Waals surface area contributed by atoms with E-state index in [4.69, 9.17) is 0 Å². The number of rotatable bonds is 3. The SMILES string of the molecule is Cn1ccnc(N2CCC[C@@H](NC(=O)c3cccc4nccn34)C2)c1=O. The molecule has 0 bridgehead atoms. The first kappa shape index (κ1) is 16.3. The number of nitrogens with zero attached hydrogens (tertiary/aromatic N) is 5. The summed E-state index contributed by atoms with van der Waals surface area (Å²) in [5.41, 5.74) is 1.16. The summed E-state index contributed by atoms with van der Waals surface area (Å²) in [4.78, 5) is 35.4. The molecule has 0 unspecified atom stereocenters. The van der Waals surface area contributed by atoms with Crippen molar-refractivity contribution < 1.29 is 4.79 Å². The van der Waals surface area contributed by atoms with E-state index in [1.54, 1.807) is 42.3 Å². The second kappa shape index (κ2) is 6.62. The predicted octanol–water partition coefficient (Wildman–Crippen LogP) is 0.827. The van der Waals surface area contributed by atoms with Crippen LogP contribution in [0, 0.1) is 0 Å². The molecule has 26 heavy (non-hydrogen) atoms. The average Bonchev–Trinajstić information content (AvgIpc) is 3.13. The highest BCUT2D eigenvalue weighted by atomic mass is 16.2. The third-order valence-corrected chi connectivity index (χ3v) is 4.72. The summed E-state index contributed by atoms with van der Waals surface area (Å²) in [5.74, 6) is 0.292. The Hall–Kier alpha value is -3.16. The van der Waals surface area contributed by atoms with E-state index < -0.39 is 0 Å². The average molecular weight is 352 g/mol. The fraction of sp³-hybridized carbons (Fsp3) is 0.333. The number of aryl methyl sites for hydroxylation is 1. The normalized spacial score (nSPS) is 17.4. The van der Waals surface area contributed by atoms with E-state index in [0.717, 1.165) is 25.0 Å².